The van der Waals surface area contributed by atoms with E-state index in [2.05, 4.69) is 9.97 Å². The van der Waals surface area contributed by atoms with Crippen molar-refractivity contribution in [2.24, 2.45) is 0 Å². The third-order valence-electron chi connectivity index (χ3n) is 2.19. The Labute approximate surface area is 91.1 Å². The van der Waals surface area contributed by atoms with Crippen LogP contribution in [-0.4, -0.2) is 15.9 Å². The Hall–Kier alpha value is -2.17. The zero-order chi connectivity index (χ0) is 11.7. The number of ether oxygens (including phenoxy) is 1. The number of rotatable bonds is 1. The first-order valence-electron chi connectivity index (χ1n) is 4.75. The molecule has 2 aromatic rings. The van der Waals surface area contributed by atoms with Crippen molar-refractivity contribution in [1.29, 1.82) is 0 Å². The first-order chi connectivity index (χ1) is 7.58. The summed E-state index contributed by atoms with van der Waals surface area (Å²) in [6.45, 7) is 3.14. The Morgan fingerprint density at radius 3 is 2.94 bits per heavy atom. The summed E-state index contributed by atoms with van der Waals surface area (Å²) < 4.78 is 4.80. The molecule has 2 rings (SSSR count). The summed E-state index contributed by atoms with van der Waals surface area (Å²) in [6.07, 6.45) is 1.61. The Morgan fingerprint density at radius 2 is 2.25 bits per heavy atom. The lowest BCUT2D eigenvalue weighted by atomic mass is 10.2. The minimum absolute atomic E-state index is 0.00361. The summed E-state index contributed by atoms with van der Waals surface area (Å²) in [7, 11) is 0. The van der Waals surface area contributed by atoms with Gasteiger partial charge in [-0.1, -0.05) is 0 Å². The molecule has 0 saturated heterocycles. The van der Waals surface area contributed by atoms with E-state index in [0.717, 1.165) is 10.9 Å². The quantitative estimate of drug-likeness (QED) is 0.729. The minimum Gasteiger partial charge on any atom is -0.421 e. The van der Waals surface area contributed by atoms with Crippen LogP contribution in [0.25, 0.3) is 11.0 Å². The van der Waals surface area contributed by atoms with E-state index >= 15 is 0 Å². The molecule has 82 valence electrons. The van der Waals surface area contributed by atoms with E-state index in [0.29, 0.717) is 5.65 Å². The minimum atomic E-state index is -0.522. The van der Waals surface area contributed by atoms with Crippen molar-refractivity contribution in [3.05, 3.63) is 34.2 Å². The smallest absolute Gasteiger partial charge is 0.308 e. The van der Waals surface area contributed by atoms with E-state index in [-0.39, 0.29) is 5.75 Å². The van der Waals surface area contributed by atoms with E-state index in [1.54, 1.807) is 6.20 Å². The lowest BCUT2D eigenvalue weighted by molar-refractivity contribution is -0.131. The average molecular weight is 218 g/mol. The van der Waals surface area contributed by atoms with E-state index < -0.39 is 11.5 Å². The molecule has 2 aromatic heterocycles. The van der Waals surface area contributed by atoms with Gasteiger partial charge < -0.3 is 9.72 Å². The number of pyridine rings is 2. The van der Waals surface area contributed by atoms with Gasteiger partial charge in [0.2, 0.25) is 0 Å². The lowest BCUT2D eigenvalue weighted by Crippen LogP contribution is -2.14. The molecule has 5 nitrogen and oxygen atoms in total. The maximum Gasteiger partial charge on any atom is 0.308 e. The molecule has 0 radical (unpaired) electrons. The molecule has 16 heavy (non-hydrogen) atoms. The number of aromatic amines is 1. The fraction of sp³-hybridized carbons (Fsp3) is 0.182. The third kappa shape index (κ3) is 1.79. The number of nitrogens with zero attached hydrogens (tertiary/aromatic N) is 1. The van der Waals surface area contributed by atoms with Crippen LogP contribution in [0.1, 0.15) is 12.5 Å². The highest BCUT2D eigenvalue weighted by Crippen LogP contribution is 2.16. The number of carbonyl (C=O) groups excluding carboxylic acids is 1. The molecule has 0 aliphatic rings. The molecular weight excluding hydrogens is 208 g/mol. The molecule has 0 aliphatic heterocycles. The molecule has 0 unspecified atom stereocenters. The molecular formula is C11H10N2O3. The maximum atomic E-state index is 11.5. The summed E-state index contributed by atoms with van der Waals surface area (Å²) >= 11 is 0. The van der Waals surface area contributed by atoms with Crippen LogP contribution >= 0.6 is 0 Å². The van der Waals surface area contributed by atoms with Crippen LogP contribution in [0.3, 0.4) is 0 Å². The normalized spacial score (nSPS) is 10.4. The van der Waals surface area contributed by atoms with Crippen molar-refractivity contribution < 1.29 is 9.53 Å². The van der Waals surface area contributed by atoms with Crippen molar-refractivity contribution in [2.45, 2.75) is 13.8 Å². The van der Waals surface area contributed by atoms with Crippen LogP contribution in [0.15, 0.2) is 23.1 Å². The largest absolute Gasteiger partial charge is 0.421 e. The van der Waals surface area contributed by atoms with E-state index in [1.807, 2.05) is 13.0 Å². The molecule has 0 fully saturated rings. The summed E-state index contributed by atoms with van der Waals surface area (Å²) in [5.41, 5.74) is 0.983. The molecule has 0 aliphatic carbocycles. The van der Waals surface area contributed by atoms with Crippen LogP contribution in [0.5, 0.6) is 5.75 Å². The van der Waals surface area contributed by atoms with Gasteiger partial charge in [0.05, 0.1) is 0 Å². The predicted octanol–water partition coefficient (Wildman–Crippen LogP) is 1.16. The first kappa shape index (κ1) is 10.4. The zero-order valence-electron chi connectivity index (χ0n) is 8.90. The first-order valence-corrected chi connectivity index (χ1v) is 4.75. The van der Waals surface area contributed by atoms with Gasteiger partial charge in [0.25, 0.3) is 5.56 Å². The lowest BCUT2D eigenvalue weighted by Gasteiger charge is -2.03. The van der Waals surface area contributed by atoms with Gasteiger partial charge in [-0.2, -0.15) is 0 Å². The number of hydrogen-bond acceptors (Lipinski definition) is 4. The fourth-order valence-corrected chi connectivity index (χ4v) is 1.45. The Bertz CT molecular complexity index is 616. The number of fused-ring (bicyclic) bond motifs is 1. The summed E-state index contributed by atoms with van der Waals surface area (Å²) in [5, 5.41) is 0.762. The van der Waals surface area contributed by atoms with Crippen molar-refractivity contribution >= 4 is 17.0 Å². The highest BCUT2D eigenvalue weighted by molar-refractivity contribution is 5.80. The third-order valence-corrected chi connectivity index (χ3v) is 2.19. The van der Waals surface area contributed by atoms with Crippen LogP contribution in [0.4, 0.5) is 0 Å². The number of hydrogen-bond donors (Lipinski definition) is 1. The van der Waals surface area contributed by atoms with Gasteiger partial charge in [0, 0.05) is 18.5 Å². The monoisotopic (exact) mass is 218 g/mol. The molecule has 0 aromatic carbocycles. The van der Waals surface area contributed by atoms with Crippen LogP contribution < -0.4 is 10.3 Å². The standard InChI is InChI=1S/C11H10N2O3/c1-6-3-4-12-10-8(6)5-9(11(15)13-10)16-7(2)14/h3-5H,1-2H3,(H,12,13,15). The number of aromatic nitrogens is 2. The van der Waals surface area contributed by atoms with Crippen LogP contribution in [-0.2, 0) is 4.79 Å². The van der Waals surface area contributed by atoms with Gasteiger partial charge in [-0.3, -0.25) is 9.59 Å². The molecule has 1 N–H and O–H groups in total. The van der Waals surface area contributed by atoms with Crippen molar-refractivity contribution in [1.82, 2.24) is 9.97 Å². The summed E-state index contributed by atoms with van der Waals surface area (Å²) in [4.78, 5) is 28.9. The molecule has 0 spiro atoms. The predicted molar refractivity (Wildman–Crippen MR) is 58.4 cm³/mol. The second-order valence-electron chi connectivity index (χ2n) is 3.45. The highest BCUT2D eigenvalue weighted by atomic mass is 16.5. The Kier molecular flexibility index (Phi) is 2.44. The van der Waals surface area contributed by atoms with Gasteiger partial charge in [0.1, 0.15) is 5.65 Å². The van der Waals surface area contributed by atoms with Crippen LogP contribution in [0, 0.1) is 6.92 Å². The Morgan fingerprint density at radius 1 is 1.50 bits per heavy atom. The van der Waals surface area contributed by atoms with Crippen molar-refractivity contribution in [3.8, 4) is 5.75 Å². The van der Waals surface area contributed by atoms with Crippen LogP contribution in [0.2, 0.25) is 0 Å². The topological polar surface area (TPSA) is 72.0 Å². The van der Waals surface area contributed by atoms with Gasteiger partial charge in [-0.15, -0.1) is 0 Å². The zero-order valence-corrected chi connectivity index (χ0v) is 8.90. The van der Waals surface area contributed by atoms with Gasteiger partial charge in [0.15, 0.2) is 5.75 Å². The van der Waals surface area contributed by atoms with Gasteiger partial charge >= 0.3 is 5.97 Å². The van der Waals surface area contributed by atoms with E-state index in [9.17, 15) is 9.59 Å². The Balaban J connectivity index is 2.69. The van der Waals surface area contributed by atoms with E-state index in [1.165, 1.54) is 13.0 Å². The number of H-pyrrole nitrogens is 1. The number of esters is 1. The molecule has 0 saturated carbocycles. The second kappa shape index (κ2) is 3.77. The molecule has 2 heterocycles. The number of carbonyl (C=O) groups is 1. The number of aryl methyl sites for hydroxylation is 1. The highest BCUT2D eigenvalue weighted by Gasteiger charge is 2.07. The molecule has 0 atom stereocenters. The molecule has 0 amide bonds. The second-order valence-corrected chi connectivity index (χ2v) is 3.45. The average Bonchev–Trinajstić information content (AvgIpc) is 2.20. The fourth-order valence-electron chi connectivity index (χ4n) is 1.45. The van der Waals surface area contributed by atoms with Crippen molar-refractivity contribution in [3.63, 3.8) is 0 Å². The SMILES string of the molecule is CC(=O)Oc1cc2c(C)ccnc2[nH]c1=O. The van der Waals surface area contributed by atoms with Gasteiger partial charge in [-0.25, -0.2) is 4.98 Å². The molecule has 5 heteroatoms. The van der Waals surface area contributed by atoms with Crippen molar-refractivity contribution in [2.75, 3.05) is 0 Å². The summed E-state index contributed by atoms with van der Waals surface area (Å²) in [6, 6.07) is 3.34. The molecule has 0 bridgehead atoms. The summed E-state index contributed by atoms with van der Waals surface area (Å²) in [5.74, 6) is -0.525. The maximum absolute atomic E-state index is 11.5. The number of nitrogens with one attached hydrogen (secondary N) is 1. The van der Waals surface area contributed by atoms with E-state index in [4.69, 9.17) is 4.74 Å². The van der Waals surface area contributed by atoms with Gasteiger partial charge in [-0.05, 0) is 24.6 Å².